The lowest BCUT2D eigenvalue weighted by Gasteiger charge is -2.36. The molecule has 17 heavy (non-hydrogen) atoms. The number of carbonyl (C=O) groups is 1. The highest BCUT2D eigenvalue weighted by molar-refractivity contribution is 5.83. The minimum absolute atomic E-state index is 0.115. The molecule has 0 atom stereocenters. The third-order valence-corrected chi connectivity index (χ3v) is 3.65. The molecule has 1 aliphatic carbocycles. The third kappa shape index (κ3) is 3.42. The molecule has 1 amide bonds. The molecule has 0 aromatic carbocycles. The van der Waals surface area contributed by atoms with Crippen molar-refractivity contribution in [2.24, 2.45) is 5.41 Å². The van der Waals surface area contributed by atoms with Crippen molar-refractivity contribution in [3.8, 4) is 0 Å². The van der Waals surface area contributed by atoms with Crippen LogP contribution >= 0.6 is 0 Å². The molecule has 0 unspecified atom stereocenters. The second-order valence-electron chi connectivity index (χ2n) is 5.44. The number of carbonyl (C=O) groups excluding carboxylic acids is 1. The monoisotopic (exact) mass is 241 g/mol. The molecule has 1 saturated carbocycles. The highest BCUT2D eigenvalue weighted by Gasteiger charge is 2.40. The number of hydrogen-bond acceptors (Lipinski definition) is 3. The molecule has 0 spiro atoms. The van der Waals surface area contributed by atoms with Crippen molar-refractivity contribution in [1.82, 2.24) is 5.32 Å². The van der Waals surface area contributed by atoms with Crippen molar-refractivity contribution in [2.75, 3.05) is 26.4 Å². The summed E-state index contributed by atoms with van der Waals surface area (Å²) in [6.07, 6.45) is 6.41. The van der Waals surface area contributed by atoms with E-state index in [1.54, 1.807) is 0 Å². The fourth-order valence-electron chi connectivity index (χ4n) is 2.33. The van der Waals surface area contributed by atoms with Gasteiger partial charge in [0.15, 0.2) is 0 Å². The van der Waals surface area contributed by atoms with Crippen LogP contribution in [0.1, 0.15) is 39.0 Å². The predicted molar refractivity (Wildman–Crippen MR) is 64.8 cm³/mol. The molecule has 2 aliphatic rings. The van der Waals surface area contributed by atoms with Gasteiger partial charge in [-0.1, -0.05) is 12.8 Å². The Morgan fingerprint density at radius 2 is 2.12 bits per heavy atom. The largest absolute Gasteiger partial charge is 0.379 e. The molecule has 2 fully saturated rings. The maximum atomic E-state index is 11.7. The fraction of sp³-hybridized carbons (Fsp3) is 0.923. The first-order chi connectivity index (χ1) is 8.21. The molecule has 0 radical (unpaired) electrons. The van der Waals surface area contributed by atoms with Gasteiger partial charge in [0, 0.05) is 13.2 Å². The predicted octanol–water partition coefficient (Wildman–Crippen LogP) is 1.49. The molecule has 1 N–H and O–H groups in total. The smallest absolute Gasteiger partial charge is 0.230 e. The Bertz CT molecular complexity index is 257. The molecular formula is C13H23NO3. The average Bonchev–Trinajstić information content (AvgIpc) is 2.78. The quantitative estimate of drug-likeness (QED) is 0.717. The highest BCUT2D eigenvalue weighted by Crippen LogP contribution is 2.26. The topological polar surface area (TPSA) is 47.6 Å². The maximum absolute atomic E-state index is 11.7. The normalized spacial score (nSPS) is 23.4. The Balaban J connectivity index is 1.49. The van der Waals surface area contributed by atoms with Gasteiger partial charge in [-0.15, -0.1) is 0 Å². The van der Waals surface area contributed by atoms with Gasteiger partial charge in [0.25, 0.3) is 0 Å². The van der Waals surface area contributed by atoms with E-state index in [0.717, 1.165) is 13.0 Å². The molecule has 1 heterocycles. The van der Waals surface area contributed by atoms with Gasteiger partial charge >= 0.3 is 0 Å². The molecule has 0 aromatic rings. The zero-order chi connectivity index (χ0) is 12.1. The van der Waals surface area contributed by atoms with Gasteiger partial charge in [0.05, 0.1) is 24.7 Å². The summed E-state index contributed by atoms with van der Waals surface area (Å²) in [5, 5.41) is 2.95. The van der Waals surface area contributed by atoms with Gasteiger partial charge in [-0.25, -0.2) is 0 Å². The lowest BCUT2D eigenvalue weighted by Crippen LogP contribution is -2.52. The summed E-state index contributed by atoms with van der Waals surface area (Å²) in [4.78, 5) is 11.7. The van der Waals surface area contributed by atoms with Crippen LogP contribution in [-0.2, 0) is 14.3 Å². The van der Waals surface area contributed by atoms with Gasteiger partial charge in [0.2, 0.25) is 5.91 Å². The fourth-order valence-corrected chi connectivity index (χ4v) is 2.33. The second kappa shape index (κ2) is 5.83. The van der Waals surface area contributed by atoms with Gasteiger partial charge in [-0.3, -0.25) is 4.79 Å². The van der Waals surface area contributed by atoms with E-state index in [4.69, 9.17) is 9.47 Å². The molecule has 1 saturated heterocycles. The van der Waals surface area contributed by atoms with E-state index in [0.29, 0.717) is 25.9 Å². The van der Waals surface area contributed by atoms with Crippen molar-refractivity contribution in [3.63, 3.8) is 0 Å². The van der Waals surface area contributed by atoms with E-state index in [1.807, 2.05) is 6.92 Å². The van der Waals surface area contributed by atoms with Crippen molar-refractivity contribution in [2.45, 2.75) is 45.1 Å². The minimum atomic E-state index is -0.285. The average molecular weight is 241 g/mol. The Morgan fingerprint density at radius 3 is 2.71 bits per heavy atom. The first-order valence-corrected chi connectivity index (χ1v) is 6.68. The van der Waals surface area contributed by atoms with Crippen molar-refractivity contribution in [1.29, 1.82) is 0 Å². The van der Waals surface area contributed by atoms with Crippen molar-refractivity contribution in [3.05, 3.63) is 0 Å². The van der Waals surface area contributed by atoms with Crippen LogP contribution in [0.15, 0.2) is 0 Å². The zero-order valence-corrected chi connectivity index (χ0v) is 10.7. The number of amides is 1. The van der Waals surface area contributed by atoms with E-state index < -0.39 is 0 Å². The van der Waals surface area contributed by atoms with Crippen LogP contribution in [0.3, 0.4) is 0 Å². The molecule has 1 aliphatic heterocycles. The Hall–Kier alpha value is -0.610. The van der Waals surface area contributed by atoms with E-state index in [1.165, 1.54) is 25.7 Å². The molecule has 4 heteroatoms. The lowest BCUT2D eigenvalue weighted by molar-refractivity contribution is -0.157. The Labute approximate surface area is 103 Å². The highest BCUT2D eigenvalue weighted by atomic mass is 16.5. The van der Waals surface area contributed by atoms with E-state index >= 15 is 0 Å². The van der Waals surface area contributed by atoms with E-state index in [2.05, 4.69) is 5.32 Å². The SMILES string of the molecule is CC1(C(=O)NCCCOC2CCCC2)COC1. The molecule has 98 valence electrons. The summed E-state index contributed by atoms with van der Waals surface area (Å²) in [5.41, 5.74) is -0.285. The summed E-state index contributed by atoms with van der Waals surface area (Å²) >= 11 is 0. The molecule has 0 bridgehead atoms. The van der Waals surface area contributed by atoms with Crippen LogP contribution in [0, 0.1) is 5.41 Å². The van der Waals surface area contributed by atoms with Gasteiger partial charge < -0.3 is 14.8 Å². The van der Waals surface area contributed by atoms with Crippen LogP contribution in [0.4, 0.5) is 0 Å². The van der Waals surface area contributed by atoms with Crippen LogP contribution < -0.4 is 5.32 Å². The van der Waals surface area contributed by atoms with Crippen LogP contribution in [0.2, 0.25) is 0 Å². The first-order valence-electron chi connectivity index (χ1n) is 6.68. The Morgan fingerprint density at radius 1 is 1.41 bits per heavy atom. The second-order valence-corrected chi connectivity index (χ2v) is 5.44. The number of rotatable bonds is 6. The van der Waals surface area contributed by atoms with Crippen molar-refractivity contribution < 1.29 is 14.3 Å². The minimum Gasteiger partial charge on any atom is -0.379 e. The standard InChI is InChI=1S/C13H23NO3/c1-13(9-16-10-13)12(15)14-7-4-8-17-11-5-2-3-6-11/h11H,2-10H2,1H3,(H,14,15). The summed E-state index contributed by atoms with van der Waals surface area (Å²) < 4.78 is 10.8. The van der Waals surface area contributed by atoms with Crippen LogP contribution in [0.25, 0.3) is 0 Å². The molecular weight excluding hydrogens is 218 g/mol. The zero-order valence-electron chi connectivity index (χ0n) is 10.7. The number of nitrogens with one attached hydrogen (secondary N) is 1. The van der Waals surface area contributed by atoms with E-state index in [-0.39, 0.29) is 11.3 Å². The van der Waals surface area contributed by atoms with Gasteiger partial charge in [0.1, 0.15) is 0 Å². The van der Waals surface area contributed by atoms with Crippen LogP contribution in [0.5, 0.6) is 0 Å². The first kappa shape index (κ1) is 12.8. The Kier molecular flexibility index (Phi) is 4.40. The summed E-state index contributed by atoms with van der Waals surface area (Å²) in [7, 11) is 0. The van der Waals surface area contributed by atoms with Gasteiger partial charge in [-0.05, 0) is 26.2 Å². The van der Waals surface area contributed by atoms with Gasteiger partial charge in [-0.2, -0.15) is 0 Å². The van der Waals surface area contributed by atoms with E-state index in [9.17, 15) is 4.79 Å². The van der Waals surface area contributed by atoms with Crippen LogP contribution in [-0.4, -0.2) is 38.4 Å². The summed E-state index contributed by atoms with van der Waals surface area (Å²) in [6.45, 7) is 4.52. The molecule has 4 nitrogen and oxygen atoms in total. The maximum Gasteiger partial charge on any atom is 0.230 e. The molecule has 0 aromatic heterocycles. The van der Waals surface area contributed by atoms with Crippen molar-refractivity contribution >= 4 is 5.91 Å². The lowest BCUT2D eigenvalue weighted by atomic mass is 9.87. The number of hydrogen-bond donors (Lipinski definition) is 1. The number of ether oxygens (including phenoxy) is 2. The summed E-state index contributed by atoms with van der Waals surface area (Å²) in [5.74, 6) is 0.115. The summed E-state index contributed by atoms with van der Waals surface area (Å²) in [6, 6.07) is 0. The third-order valence-electron chi connectivity index (χ3n) is 3.65. The molecule has 2 rings (SSSR count).